The molecule has 0 heterocycles. The molecule has 0 radical (unpaired) electrons. The fourth-order valence-corrected chi connectivity index (χ4v) is 9.02. The van der Waals surface area contributed by atoms with Gasteiger partial charge < -0.3 is 27.7 Å². The van der Waals surface area contributed by atoms with Crippen molar-refractivity contribution in [3.8, 4) is 0 Å². The summed E-state index contributed by atoms with van der Waals surface area (Å²) in [5.74, 6) is 1.64. The first-order valence-electron chi connectivity index (χ1n) is 12.7. The van der Waals surface area contributed by atoms with Crippen LogP contribution >= 0.6 is 5.69 Å². The minimum atomic E-state index is -3.57. The molecule has 0 aliphatic rings. The molecule has 0 fully saturated rings. The Morgan fingerprint density at radius 2 is 0.688 bits per heavy atom. The third-order valence-electron chi connectivity index (χ3n) is 5.78. The molecule has 2 nitrogen and oxygen atoms in total. The molecule has 178 valence electrons. The average molecular weight is 583 g/mol. The summed E-state index contributed by atoms with van der Waals surface area (Å²) in [6, 6.07) is 0. The second-order valence-corrected chi connectivity index (χ2v) is 16.4. The van der Waals surface area contributed by atoms with E-state index in [9.17, 15) is 9.79 Å². The average Bonchev–Trinajstić information content (AvgIpc) is 2.68. The maximum absolute atomic E-state index is 12.0. The summed E-state index contributed by atoms with van der Waals surface area (Å²) in [5.41, 5.74) is -3.57. The van der Waals surface area contributed by atoms with E-state index in [2.05, 4.69) is 13.8 Å². The molecule has 0 atom stereocenters. The molecule has 8 heteroatoms. The standard InChI is InChI=1S/C24H50O2PS2.3K/c1-3-5-7-9-11-13-15-17-19-21-23-29(27(25,26)28)24-22-20-18-16-14-12-10-8-6-4-2;;;/h3-24H2,1-2H3;;;/q-3;3*+1. The van der Waals surface area contributed by atoms with Gasteiger partial charge in [-0.15, -0.1) is 0 Å². The Labute approximate surface area is 338 Å². The third kappa shape index (κ3) is 34.0. The van der Waals surface area contributed by atoms with Crippen molar-refractivity contribution in [1.29, 1.82) is 0 Å². The van der Waals surface area contributed by atoms with Gasteiger partial charge in [0.25, 0.3) is 0 Å². The van der Waals surface area contributed by atoms with E-state index in [-0.39, 0.29) is 154 Å². The van der Waals surface area contributed by atoms with Gasteiger partial charge in [-0.05, 0) is 24.3 Å². The second-order valence-electron chi connectivity index (χ2n) is 8.68. The number of hydrogen-bond donors (Lipinski definition) is 0. The molecule has 0 aliphatic carbocycles. The minimum absolute atomic E-state index is 0. The van der Waals surface area contributed by atoms with E-state index in [0.717, 1.165) is 24.3 Å². The molecule has 0 saturated carbocycles. The van der Waals surface area contributed by atoms with Crippen LogP contribution in [0.25, 0.3) is 0 Å². The summed E-state index contributed by atoms with van der Waals surface area (Å²) in [6.07, 6.45) is 25.9. The van der Waals surface area contributed by atoms with E-state index in [4.69, 9.17) is 12.2 Å². The van der Waals surface area contributed by atoms with Crippen molar-refractivity contribution in [3.05, 3.63) is 0 Å². The third-order valence-corrected chi connectivity index (χ3v) is 12.8. The van der Waals surface area contributed by atoms with Crippen LogP contribution < -0.4 is 164 Å². The van der Waals surface area contributed by atoms with Gasteiger partial charge in [0.05, 0.1) is 0 Å². The smallest absolute Gasteiger partial charge is 0.854 e. The Morgan fingerprint density at radius 1 is 0.469 bits per heavy atom. The number of hydrogen-bond acceptors (Lipinski definition) is 3. The molecule has 0 unspecified atom stereocenters. The molecule has 32 heavy (non-hydrogen) atoms. The molecular weight excluding hydrogens is 533 g/mol. The van der Waals surface area contributed by atoms with Crippen LogP contribution in [0.15, 0.2) is 0 Å². The monoisotopic (exact) mass is 582 g/mol. The van der Waals surface area contributed by atoms with Gasteiger partial charge in [-0.1, -0.05) is 129 Å². The number of unbranched alkanes of at least 4 members (excludes halogenated alkanes) is 18. The van der Waals surface area contributed by atoms with Gasteiger partial charge in [-0.25, -0.2) is 10.1 Å². The van der Waals surface area contributed by atoms with Crippen LogP contribution in [0.1, 0.15) is 142 Å². The number of rotatable bonds is 22. The first kappa shape index (κ1) is 45.0. The fraction of sp³-hybridized carbons (Fsp3) is 1.00. The van der Waals surface area contributed by atoms with Gasteiger partial charge >= 0.3 is 154 Å². The predicted octanol–water partition coefficient (Wildman–Crippen LogP) is -1.60. The Hall–Kier alpha value is 5.96. The summed E-state index contributed by atoms with van der Waals surface area (Å²) < 4.78 is 0. The van der Waals surface area contributed by atoms with Crippen molar-refractivity contribution in [2.75, 3.05) is 11.5 Å². The first-order valence-corrected chi connectivity index (χ1v) is 17.5. The van der Waals surface area contributed by atoms with Crippen LogP contribution in [-0.4, -0.2) is 11.5 Å². The van der Waals surface area contributed by atoms with E-state index in [1.807, 2.05) is 0 Å². The molecule has 0 saturated heterocycles. The molecule has 0 bridgehead atoms. The maximum Gasteiger partial charge on any atom is 1.00 e. The quantitative estimate of drug-likeness (QED) is 0.0669. The molecule has 0 amide bonds. The van der Waals surface area contributed by atoms with E-state index in [1.165, 1.54) is 116 Å². The summed E-state index contributed by atoms with van der Waals surface area (Å²) in [7, 11) is -0.552. The van der Waals surface area contributed by atoms with Crippen molar-refractivity contribution in [2.24, 2.45) is 0 Å². The SMILES string of the molecule is CCCCCCCCCCCCS(CCCCCCCCCCCC)=P([O-])([O-])[S-].[K+].[K+].[K+]. The molecule has 0 spiro atoms. The van der Waals surface area contributed by atoms with Crippen LogP contribution in [-0.2, 0) is 22.3 Å². The maximum atomic E-state index is 12.0. The molecule has 0 rings (SSSR count). The molecular formula is C24H50K3O2PS2. The Balaban J connectivity index is -0.00000131. The van der Waals surface area contributed by atoms with Crippen molar-refractivity contribution in [1.82, 2.24) is 0 Å². The molecule has 0 aliphatic heterocycles. The van der Waals surface area contributed by atoms with Gasteiger partial charge in [0.1, 0.15) is 0 Å². The molecule has 0 aromatic heterocycles. The predicted molar refractivity (Wildman–Crippen MR) is 135 cm³/mol. The van der Waals surface area contributed by atoms with Crippen molar-refractivity contribution in [2.45, 2.75) is 142 Å². The van der Waals surface area contributed by atoms with E-state index in [0.29, 0.717) is 0 Å². The fourth-order valence-electron chi connectivity index (χ4n) is 3.84. The van der Waals surface area contributed by atoms with Crippen LogP contribution in [0.2, 0.25) is 0 Å². The topological polar surface area (TPSA) is 46.1 Å². The van der Waals surface area contributed by atoms with Gasteiger partial charge in [0, 0.05) is 0 Å². The van der Waals surface area contributed by atoms with E-state index >= 15 is 0 Å². The Kier molecular flexibility index (Phi) is 49.2. The zero-order valence-electron chi connectivity index (χ0n) is 22.6. The van der Waals surface area contributed by atoms with Gasteiger partial charge in [0.2, 0.25) is 0 Å². The van der Waals surface area contributed by atoms with Crippen LogP contribution in [0.5, 0.6) is 0 Å². The zero-order chi connectivity index (χ0) is 21.6. The van der Waals surface area contributed by atoms with E-state index < -0.39 is 15.8 Å². The summed E-state index contributed by atoms with van der Waals surface area (Å²) in [4.78, 5) is 23.9. The zero-order valence-corrected chi connectivity index (χ0v) is 34.5. The summed E-state index contributed by atoms with van der Waals surface area (Å²) in [5, 5.41) is 0. The normalized spacial score (nSPS) is 11.1. The van der Waals surface area contributed by atoms with E-state index in [1.54, 1.807) is 0 Å². The van der Waals surface area contributed by atoms with Crippen LogP contribution in [0, 0.1) is 0 Å². The molecule has 0 aromatic rings. The Bertz CT molecular complexity index is 376. The molecule has 0 aromatic carbocycles. The van der Waals surface area contributed by atoms with Gasteiger partial charge in [0.15, 0.2) is 0 Å². The minimum Gasteiger partial charge on any atom is -0.854 e. The van der Waals surface area contributed by atoms with Crippen LogP contribution in [0.3, 0.4) is 0 Å². The van der Waals surface area contributed by atoms with Crippen molar-refractivity contribution in [3.63, 3.8) is 0 Å². The largest absolute Gasteiger partial charge is 1.00 e. The molecule has 0 N–H and O–H groups in total. The summed E-state index contributed by atoms with van der Waals surface area (Å²) in [6.45, 7) is 4.52. The Morgan fingerprint density at radius 3 is 0.906 bits per heavy atom. The van der Waals surface area contributed by atoms with Crippen LogP contribution in [0.4, 0.5) is 0 Å². The van der Waals surface area contributed by atoms with Crippen molar-refractivity contribution < 1.29 is 164 Å². The van der Waals surface area contributed by atoms with Gasteiger partial charge in [-0.2, -0.15) is 0 Å². The van der Waals surface area contributed by atoms with Gasteiger partial charge in [-0.3, -0.25) is 0 Å². The summed E-state index contributed by atoms with van der Waals surface area (Å²) >= 11 is 4.86. The second kappa shape index (κ2) is 35.0. The van der Waals surface area contributed by atoms with Crippen molar-refractivity contribution >= 4 is 28.0 Å². The first-order chi connectivity index (χ1) is 14.0.